The lowest BCUT2D eigenvalue weighted by Crippen LogP contribution is -2.31. The van der Waals surface area contributed by atoms with Crippen LogP contribution < -0.4 is 4.90 Å². The number of anilines is 1. The first-order valence-electron chi connectivity index (χ1n) is 8.93. The lowest BCUT2D eigenvalue weighted by Gasteiger charge is -2.32. The van der Waals surface area contributed by atoms with Crippen molar-refractivity contribution in [2.24, 2.45) is 4.40 Å². The SMILES string of the molecule is CC(C)(C)c1ccc2c(c1)-c1cc(C(C)(C)C)ccc1N1CSN=C21. The van der Waals surface area contributed by atoms with Crippen LogP contribution in [0.1, 0.15) is 58.2 Å². The van der Waals surface area contributed by atoms with Crippen LogP contribution in [-0.2, 0) is 10.8 Å². The zero-order chi connectivity index (χ0) is 18.0. The van der Waals surface area contributed by atoms with Gasteiger partial charge < -0.3 is 4.90 Å². The molecule has 0 aromatic heterocycles. The summed E-state index contributed by atoms with van der Waals surface area (Å²) in [6, 6.07) is 13.9. The molecule has 2 aromatic carbocycles. The van der Waals surface area contributed by atoms with E-state index in [1.54, 1.807) is 11.9 Å². The molecule has 2 aliphatic rings. The Morgan fingerprint density at radius 1 is 0.800 bits per heavy atom. The first kappa shape index (κ1) is 16.7. The van der Waals surface area contributed by atoms with E-state index in [0.717, 1.165) is 11.7 Å². The fourth-order valence-electron chi connectivity index (χ4n) is 3.52. The summed E-state index contributed by atoms with van der Waals surface area (Å²) in [5.74, 6) is 2.01. The van der Waals surface area contributed by atoms with Gasteiger partial charge in [-0.3, -0.25) is 0 Å². The van der Waals surface area contributed by atoms with Gasteiger partial charge in [0.2, 0.25) is 0 Å². The summed E-state index contributed by atoms with van der Waals surface area (Å²) in [7, 11) is 0. The van der Waals surface area contributed by atoms with Gasteiger partial charge in [-0.05, 0) is 57.7 Å². The number of hydrogen-bond donors (Lipinski definition) is 0. The van der Waals surface area contributed by atoms with Crippen molar-refractivity contribution in [3.8, 4) is 11.1 Å². The molecule has 2 nitrogen and oxygen atoms in total. The Bertz CT molecular complexity index is 882. The molecule has 2 aromatic rings. The molecule has 0 saturated heterocycles. The Labute approximate surface area is 155 Å². The predicted molar refractivity (Wildman–Crippen MR) is 111 cm³/mol. The lowest BCUT2D eigenvalue weighted by molar-refractivity contribution is 0.589. The van der Waals surface area contributed by atoms with Crippen molar-refractivity contribution in [2.45, 2.75) is 52.4 Å². The second-order valence-corrected chi connectivity index (χ2v) is 9.79. The van der Waals surface area contributed by atoms with Gasteiger partial charge in [-0.15, -0.1) is 0 Å². The zero-order valence-electron chi connectivity index (χ0n) is 16.0. The standard InChI is InChI=1S/C22H26N2S/c1-21(2,3)14-7-9-16-17(11-14)18-12-15(22(4,5)6)8-10-19(18)24-13-25-23-20(16)24/h7-12H,13H2,1-6H3. The van der Waals surface area contributed by atoms with Crippen LogP contribution in [0.25, 0.3) is 11.1 Å². The first-order valence-corrected chi connectivity index (χ1v) is 9.88. The average Bonchev–Trinajstić information content (AvgIpc) is 3.02. The maximum atomic E-state index is 4.72. The second kappa shape index (κ2) is 5.38. The van der Waals surface area contributed by atoms with Gasteiger partial charge in [-0.1, -0.05) is 59.7 Å². The van der Waals surface area contributed by atoms with Crippen molar-refractivity contribution in [1.82, 2.24) is 0 Å². The van der Waals surface area contributed by atoms with Gasteiger partial charge >= 0.3 is 0 Å². The monoisotopic (exact) mass is 350 g/mol. The smallest absolute Gasteiger partial charge is 0.149 e. The largest absolute Gasteiger partial charge is 0.313 e. The molecule has 4 rings (SSSR count). The van der Waals surface area contributed by atoms with E-state index in [4.69, 9.17) is 4.40 Å². The predicted octanol–water partition coefficient (Wildman–Crippen LogP) is 6.13. The average molecular weight is 351 g/mol. The minimum Gasteiger partial charge on any atom is -0.313 e. The highest BCUT2D eigenvalue weighted by atomic mass is 32.2. The highest BCUT2D eigenvalue weighted by Crippen LogP contribution is 2.45. The molecule has 25 heavy (non-hydrogen) atoms. The fraction of sp³-hybridized carbons (Fsp3) is 0.409. The minimum atomic E-state index is 0.139. The molecule has 0 spiro atoms. The van der Waals surface area contributed by atoms with E-state index in [1.807, 2.05) is 0 Å². The molecule has 0 N–H and O–H groups in total. The minimum absolute atomic E-state index is 0.139. The third kappa shape index (κ3) is 2.69. The Balaban J connectivity index is 1.99. The molecule has 2 aliphatic heterocycles. The molecule has 0 amide bonds. The van der Waals surface area contributed by atoms with Crippen molar-refractivity contribution in [1.29, 1.82) is 0 Å². The number of hydrogen-bond acceptors (Lipinski definition) is 3. The molecule has 2 heterocycles. The van der Waals surface area contributed by atoms with Crippen LogP contribution in [0.5, 0.6) is 0 Å². The van der Waals surface area contributed by atoms with Crippen molar-refractivity contribution in [2.75, 3.05) is 10.8 Å². The van der Waals surface area contributed by atoms with Crippen LogP contribution in [0.15, 0.2) is 40.8 Å². The molecular formula is C22H26N2S. The highest BCUT2D eigenvalue weighted by molar-refractivity contribution is 7.98. The summed E-state index contributed by atoms with van der Waals surface area (Å²) >= 11 is 1.64. The molecule has 0 atom stereocenters. The Kier molecular flexibility index (Phi) is 3.59. The third-order valence-corrected chi connectivity index (χ3v) is 5.84. The molecule has 0 saturated carbocycles. The van der Waals surface area contributed by atoms with E-state index in [-0.39, 0.29) is 10.8 Å². The Hall–Kier alpha value is -1.74. The third-order valence-electron chi connectivity index (χ3n) is 5.16. The number of nitrogens with zero attached hydrogens (tertiary/aromatic N) is 2. The van der Waals surface area contributed by atoms with E-state index in [2.05, 4.69) is 82.8 Å². The van der Waals surface area contributed by atoms with Gasteiger partial charge in [0.05, 0.1) is 11.6 Å². The topological polar surface area (TPSA) is 15.6 Å². The summed E-state index contributed by atoms with van der Waals surface area (Å²) in [6.07, 6.45) is 0. The van der Waals surface area contributed by atoms with Gasteiger partial charge in [0, 0.05) is 11.1 Å². The quantitative estimate of drug-likeness (QED) is 0.531. The summed E-state index contributed by atoms with van der Waals surface area (Å²) in [4.78, 5) is 2.35. The van der Waals surface area contributed by atoms with Crippen LogP contribution >= 0.6 is 11.9 Å². The highest BCUT2D eigenvalue weighted by Gasteiger charge is 2.32. The maximum absolute atomic E-state index is 4.72. The molecular weight excluding hydrogens is 324 g/mol. The van der Waals surface area contributed by atoms with Crippen molar-refractivity contribution in [3.05, 3.63) is 53.1 Å². The summed E-state index contributed by atoms with van der Waals surface area (Å²) in [5.41, 5.74) is 8.25. The second-order valence-electron chi connectivity index (χ2n) is 9.09. The lowest BCUT2D eigenvalue weighted by atomic mass is 9.80. The Morgan fingerprint density at radius 2 is 1.40 bits per heavy atom. The molecule has 0 fully saturated rings. The number of benzene rings is 2. The van der Waals surface area contributed by atoms with Gasteiger partial charge in [0.25, 0.3) is 0 Å². The Morgan fingerprint density at radius 3 is 2.04 bits per heavy atom. The molecule has 0 bridgehead atoms. The summed E-state index contributed by atoms with van der Waals surface area (Å²) in [6.45, 7) is 13.7. The van der Waals surface area contributed by atoms with E-state index < -0.39 is 0 Å². The van der Waals surface area contributed by atoms with Gasteiger partial charge in [0.15, 0.2) is 0 Å². The van der Waals surface area contributed by atoms with Crippen LogP contribution in [0, 0.1) is 0 Å². The maximum Gasteiger partial charge on any atom is 0.149 e. The molecule has 130 valence electrons. The van der Waals surface area contributed by atoms with Gasteiger partial charge in [0.1, 0.15) is 5.84 Å². The van der Waals surface area contributed by atoms with E-state index >= 15 is 0 Å². The van der Waals surface area contributed by atoms with Gasteiger partial charge in [-0.2, -0.15) is 4.40 Å². The molecule has 0 aliphatic carbocycles. The normalized spacial score (nSPS) is 16.2. The summed E-state index contributed by atoms with van der Waals surface area (Å²) < 4.78 is 4.72. The van der Waals surface area contributed by atoms with Crippen LogP contribution in [-0.4, -0.2) is 11.7 Å². The number of amidine groups is 1. The summed E-state index contributed by atoms with van der Waals surface area (Å²) in [5, 5.41) is 0. The van der Waals surface area contributed by atoms with Crippen molar-refractivity contribution in [3.63, 3.8) is 0 Å². The van der Waals surface area contributed by atoms with Crippen LogP contribution in [0.2, 0.25) is 0 Å². The number of rotatable bonds is 0. The molecule has 0 unspecified atom stereocenters. The van der Waals surface area contributed by atoms with E-state index in [0.29, 0.717) is 0 Å². The number of fused-ring (bicyclic) bond motifs is 6. The van der Waals surface area contributed by atoms with E-state index in [9.17, 15) is 0 Å². The van der Waals surface area contributed by atoms with E-state index in [1.165, 1.54) is 33.5 Å². The molecule has 3 heteroatoms. The fourth-order valence-corrected chi connectivity index (χ4v) is 4.27. The van der Waals surface area contributed by atoms with Crippen LogP contribution in [0.3, 0.4) is 0 Å². The first-order chi connectivity index (χ1) is 11.7. The molecule has 0 radical (unpaired) electrons. The van der Waals surface area contributed by atoms with Gasteiger partial charge in [-0.25, -0.2) is 0 Å². The zero-order valence-corrected chi connectivity index (χ0v) is 16.8. The van der Waals surface area contributed by atoms with Crippen molar-refractivity contribution < 1.29 is 0 Å². The van der Waals surface area contributed by atoms with Crippen molar-refractivity contribution >= 4 is 23.5 Å². The van der Waals surface area contributed by atoms with Crippen LogP contribution in [0.4, 0.5) is 5.69 Å².